The summed E-state index contributed by atoms with van der Waals surface area (Å²) in [5.41, 5.74) is 3.20. The summed E-state index contributed by atoms with van der Waals surface area (Å²) in [6, 6.07) is 2.73. The molecule has 1 atom stereocenters. The number of likely N-dealkylation sites (N-methyl/N-ethyl adjacent to an activating group) is 1. The van der Waals surface area contributed by atoms with E-state index in [-0.39, 0.29) is 0 Å². The number of aromatic nitrogens is 1. The second kappa shape index (κ2) is 7.01. The van der Waals surface area contributed by atoms with Crippen LogP contribution in [0.25, 0.3) is 0 Å². The molecule has 1 aliphatic heterocycles. The van der Waals surface area contributed by atoms with Crippen LogP contribution in [-0.4, -0.2) is 54.2 Å². The van der Waals surface area contributed by atoms with Crippen LogP contribution in [0.2, 0.25) is 0 Å². The van der Waals surface area contributed by atoms with Crippen LogP contribution in [0.1, 0.15) is 60.3 Å². The van der Waals surface area contributed by atoms with E-state index in [1.165, 1.54) is 31.4 Å². The Balaban J connectivity index is 1.72. The predicted molar refractivity (Wildman–Crippen MR) is 96.4 cm³/mol. The predicted octanol–water partition coefficient (Wildman–Crippen LogP) is 3.49. The van der Waals surface area contributed by atoms with Gasteiger partial charge in [0.25, 0.3) is 0 Å². The molecule has 4 nitrogen and oxygen atoms in total. The highest BCUT2D eigenvalue weighted by Crippen LogP contribution is 2.28. The standard InChI is InChI=1S/C20H33N2O2/c1-15-12-19(16(2)21(15)13-18-10-7-11-24-18)20(23)14-22(3,4)17-8-5-6-9-17/h12,17-18H,5-11,13-14H2,1-4H3/q+1/t18-/m0/s1. The van der Waals surface area contributed by atoms with Crippen molar-refractivity contribution < 1.29 is 14.0 Å². The Hall–Kier alpha value is -1.13. The van der Waals surface area contributed by atoms with E-state index in [2.05, 4.69) is 38.6 Å². The number of aryl methyl sites for hydroxylation is 1. The van der Waals surface area contributed by atoms with Crippen molar-refractivity contribution >= 4 is 5.78 Å². The van der Waals surface area contributed by atoms with Crippen LogP contribution in [0.5, 0.6) is 0 Å². The monoisotopic (exact) mass is 333 g/mol. The summed E-state index contributed by atoms with van der Waals surface area (Å²) in [4.78, 5) is 13.0. The van der Waals surface area contributed by atoms with Gasteiger partial charge < -0.3 is 13.8 Å². The molecule has 0 amide bonds. The minimum atomic E-state index is 0.290. The van der Waals surface area contributed by atoms with Crippen molar-refractivity contribution in [3.8, 4) is 0 Å². The van der Waals surface area contributed by atoms with Crippen LogP contribution >= 0.6 is 0 Å². The summed E-state index contributed by atoms with van der Waals surface area (Å²) in [5.74, 6) is 0.290. The van der Waals surface area contributed by atoms with Gasteiger partial charge in [-0.25, -0.2) is 0 Å². The maximum atomic E-state index is 13.0. The zero-order valence-corrected chi connectivity index (χ0v) is 15.8. The van der Waals surface area contributed by atoms with Crippen LogP contribution in [0.4, 0.5) is 0 Å². The molecule has 2 aliphatic rings. The van der Waals surface area contributed by atoms with Gasteiger partial charge in [0.15, 0.2) is 0 Å². The second-order valence-electron chi connectivity index (χ2n) is 8.33. The molecular weight excluding hydrogens is 300 g/mol. The molecule has 134 valence electrons. The minimum absolute atomic E-state index is 0.290. The van der Waals surface area contributed by atoms with Gasteiger partial charge in [0.2, 0.25) is 5.78 Å². The zero-order chi connectivity index (χ0) is 17.3. The molecule has 0 N–H and O–H groups in total. The lowest BCUT2D eigenvalue weighted by atomic mass is 10.1. The number of ketones is 1. The van der Waals surface area contributed by atoms with E-state index >= 15 is 0 Å². The molecule has 1 aromatic rings. The van der Waals surface area contributed by atoms with Crippen molar-refractivity contribution in [2.75, 3.05) is 27.2 Å². The maximum Gasteiger partial charge on any atom is 0.218 e. The fourth-order valence-corrected chi connectivity index (χ4v) is 4.54. The fraction of sp³-hybridized carbons (Fsp3) is 0.750. The molecule has 2 fully saturated rings. The number of hydrogen-bond acceptors (Lipinski definition) is 2. The SMILES string of the molecule is Cc1cc(C(=O)C[N+](C)(C)C2CCCC2)c(C)n1C[C@@H]1CCCO1. The van der Waals surface area contributed by atoms with Gasteiger partial charge in [0, 0.05) is 30.1 Å². The van der Waals surface area contributed by atoms with E-state index in [0.717, 1.165) is 41.7 Å². The smallest absolute Gasteiger partial charge is 0.218 e. The first kappa shape index (κ1) is 17.7. The molecule has 1 aliphatic carbocycles. The van der Waals surface area contributed by atoms with Gasteiger partial charge in [-0.05, 0) is 58.4 Å². The molecular formula is C20H33N2O2+. The Morgan fingerprint density at radius 1 is 1.21 bits per heavy atom. The molecule has 0 spiro atoms. The highest BCUT2D eigenvalue weighted by molar-refractivity contribution is 5.98. The summed E-state index contributed by atoms with van der Waals surface area (Å²) >= 11 is 0. The fourth-order valence-electron chi connectivity index (χ4n) is 4.54. The Labute approximate surface area is 146 Å². The molecule has 0 aromatic carbocycles. The molecule has 1 saturated carbocycles. The second-order valence-corrected chi connectivity index (χ2v) is 8.33. The van der Waals surface area contributed by atoms with Gasteiger partial charge in [-0.2, -0.15) is 0 Å². The molecule has 0 unspecified atom stereocenters. The van der Waals surface area contributed by atoms with Crippen molar-refractivity contribution in [1.29, 1.82) is 0 Å². The lowest BCUT2D eigenvalue weighted by Crippen LogP contribution is -2.50. The van der Waals surface area contributed by atoms with Crippen molar-refractivity contribution in [1.82, 2.24) is 4.57 Å². The zero-order valence-electron chi connectivity index (χ0n) is 15.8. The number of rotatable bonds is 6. The molecule has 24 heavy (non-hydrogen) atoms. The third-order valence-electron chi connectivity index (χ3n) is 6.15. The third-order valence-corrected chi connectivity index (χ3v) is 6.15. The molecule has 0 radical (unpaired) electrons. The van der Waals surface area contributed by atoms with Crippen molar-refractivity contribution in [3.05, 3.63) is 23.0 Å². The van der Waals surface area contributed by atoms with E-state index in [4.69, 9.17) is 4.74 Å². The summed E-state index contributed by atoms with van der Waals surface area (Å²) in [6.45, 7) is 6.56. The maximum absolute atomic E-state index is 13.0. The van der Waals surface area contributed by atoms with Gasteiger partial charge in [0.05, 0.1) is 26.2 Å². The summed E-state index contributed by atoms with van der Waals surface area (Å²) < 4.78 is 8.88. The average molecular weight is 333 g/mol. The Morgan fingerprint density at radius 3 is 2.54 bits per heavy atom. The van der Waals surface area contributed by atoms with Gasteiger partial charge in [-0.3, -0.25) is 4.79 Å². The summed E-state index contributed by atoms with van der Waals surface area (Å²) in [7, 11) is 4.44. The highest BCUT2D eigenvalue weighted by Gasteiger charge is 2.34. The van der Waals surface area contributed by atoms with Crippen LogP contribution in [-0.2, 0) is 11.3 Å². The largest absolute Gasteiger partial charge is 0.376 e. The van der Waals surface area contributed by atoms with E-state index < -0.39 is 0 Å². The number of carbonyl (C=O) groups is 1. The van der Waals surface area contributed by atoms with Crippen LogP contribution in [0, 0.1) is 13.8 Å². The van der Waals surface area contributed by atoms with Crippen LogP contribution in [0.15, 0.2) is 6.07 Å². The van der Waals surface area contributed by atoms with E-state index in [9.17, 15) is 4.79 Å². The summed E-state index contributed by atoms with van der Waals surface area (Å²) in [5, 5.41) is 0. The Bertz CT molecular complexity index is 591. The average Bonchev–Trinajstić information content (AvgIpc) is 3.24. The number of Topliss-reactive ketones (excluding diaryl/α,β-unsaturated/α-hetero) is 1. The van der Waals surface area contributed by atoms with Crippen LogP contribution in [0.3, 0.4) is 0 Å². The first-order chi connectivity index (χ1) is 11.4. The molecule has 3 rings (SSSR count). The lowest BCUT2D eigenvalue weighted by Gasteiger charge is -2.35. The van der Waals surface area contributed by atoms with Crippen molar-refractivity contribution in [2.45, 2.75) is 71.1 Å². The van der Waals surface area contributed by atoms with Crippen LogP contribution < -0.4 is 0 Å². The van der Waals surface area contributed by atoms with E-state index in [1.54, 1.807) is 0 Å². The topological polar surface area (TPSA) is 31.2 Å². The molecule has 4 heteroatoms. The van der Waals surface area contributed by atoms with Gasteiger partial charge in [0.1, 0.15) is 6.54 Å². The van der Waals surface area contributed by atoms with Gasteiger partial charge in [-0.15, -0.1) is 0 Å². The van der Waals surface area contributed by atoms with Crippen molar-refractivity contribution in [3.63, 3.8) is 0 Å². The highest BCUT2D eigenvalue weighted by atomic mass is 16.5. The minimum Gasteiger partial charge on any atom is -0.376 e. The summed E-state index contributed by atoms with van der Waals surface area (Å²) in [6.07, 6.45) is 7.75. The van der Waals surface area contributed by atoms with E-state index in [1.807, 2.05) is 0 Å². The molecule has 2 heterocycles. The number of carbonyl (C=O) groups excluding carboxylic acids is 1. The normalized spacial score (nSPS) is 22.4. The number of nitrogens with zero attached hydrogens (tertiary/aromatic N) is 2. The lowest BCUT2D eigenvalue weighted by molar-refractivity contribution is -0.906. The Morgan fingerprint density at radius 2 is 1.92 bits per heavy atom. The van der Waals surface area contributed by atoms with Gasteiger partial charge in [-0.1, -0.05) is 0 Å². The third kappa shape index (κ3) is 3.60. The Kier molecular flexibility index (Phi) is 5.16. The number of quaternary nitrogens is 1. The first-order valence-corrected chi connectivity index (χ1v) is 9.52. The first-order valence-electron chi connectivity index (χ1n) is 9.52. The quantitative estimate of drug-likeness (QED) is 0.589. The van der Waals surface area contributed by atoms with Gasteiger partial charge >= 0.3 is 0 Å². The number of ether oxygens (including phenoxy) is 1. The van der Waals surface area contributed by atoms with Crippen molar-refractivity contribution in [2.24, 2.45) is 0 Å². The number of hydrogen-bond donors (Lipinski definition) is 0. The molecule has 1 aromatic heterocycles. The molecule has 1 saturated heterocycles. The van der Waals surface area contributed by atoms with E-state index in [0.29, 0.717) is 24.5 Å². The molecule has 0 bridgehead atoms.